The van der Waals surface area contributed by atoms with Gasteiger partial charge in [0.15, 0.2) is 11.8 Å². The van der Waals surface area contributed by atoms with Gasteiger partial charge in [-0.05, 0) is 30.2 Å². The van der Waals surface area contributed by atoms with Crippen LogP contribution in [-0.4, -0.2) is 57.7 Å². The van der Waals surface area contributed by atoms with Gasteiger partial charge in [-0.15, -0.1) is 0 Å². The number of rotatable bonds is 5. The maximum Gasteiger partial charge on any atom is 0.262 e. The van der Waals surface area contributed by atoms with Crippen LogP contribution in [-0.2, 0) is 9.59 Å². The molecule has 6 rings (SSSR count). The summed E-state index contributed by atoms with van der Waals surface area (Å²) in [6, 6.07) is 15.5. The molecule has 4 heterocycles. The molecule has 0 saturated carbocycles. The highest BCUT2D eigenvalue weighted by Crippen LogP contribution is 2.42. The number of aromatic amines is 1. The van der Waals surface area contributed by atoms with Crippen molar-refractivity contribution in [3.63, 3.8) is 0 Å². The van der Waals surface area contributed by atoms with E-state index in [4.69, 9.17) is 4.74 Å². The molecular formula is C26H25N7O3. The number of carbonyl (C=O) groups excluding carboxylic acids is 2. The second kappa shape index (κ2) is 8.95. The van der Waals surface area contributed by atoms with E-state index in [0.717, 1.165) is 29.9 Å². The van der Waals surface area contributed by atoms with Crippen LogP contribution < -0.4 is 19.9 Å². The summed E-state index contributed by atoms with van der Waals surface area (Å²) in [4.78, 5) is 37.7. The first-order valence-electron chi connectivity index (χ1n) is 11.9. The van der Waals surface area contributed by atoms with Gasteiger partial charge in [0.1, 0.15) is 17.9 Å². The second-order valence-corrected chi connectivity index (χ2v) is 8.98. The topological polar surface area (TPSA) is 116 Å². The van der Waals surface area contributed by atoms with Crippen LogP contribution in [0.25, 0.3) is 11.0 Å². The van der Waals surface area contributed by atoms with E-state index in [-0.39, 0.29) is 24.3 Å². The van der Waals surface area contributed by atoms with Crippen molar-refractivity contribution >= 4 is 40.0 Å². The minimum atomic E-state index is -0.758. The molecule has 2 aromatic heterocycles. The first kappa shape index (κ1) is 22.0. The quantitative estimate of drug-likeness (QED) is 0.448. The van der Waals surface area contributed by atoms with Gasteiger partial charge in [0.25, 0.3) is 5.91 Å². The van der Waals surface area contributed by atoms with Crippen LogP contribution in [0.15, 0.2) is 61.1 Å². The van der Waals surface area contributed by atoms with E-state index in [9.17, 15) is 9.59 Å². The van der Waals surface area contributed by atoms with Gasteiger partial charge in [-0.2, -0.15) is 5.10 Å². The Hall–Kier alpha value is -4.47. The predicted octanol–water partition coefficient (Wildman–Crippen LogP) is 2.91. The number of carbonyl (C=O) groups is 2. The Morgan fingerprint density at radius 1 is 1.08 bits per heavy atom. The van der Waals surface area contributed by atoms with Crippen LogP contribution in [0.3, 0.4) is 0 Å². The monoisotopic (exact) mass is 483 g/mol. The molecule has 2 N–H and O–H groups in total. The number of nitrogens with one attached hydrogen (secondary N) is 2. The zero-order valence-corrected chi connectivity index (χ0v) is 19.7. The minimum Gasteiger partial charge on any atom is -0.477 e. The van der Waals surface area contributed by atoms with E-state index < -0.39 is 6.10 Å². The highest BCUT2D eigenvalue weighted by molar-refractivity contribution is 5.96. The number of amides is 2. The van der Waals surface area contributed by atoms with Crippen LogP contribution in [0.1, 0.15) is 24.8 Å². The van der Waals surface area contributed by atoms with Gasteiger partial charge >= 0.3 is 0 Å². The number of anilines is 3. The molecule has 4 aromatic rings. The van der Waals surface area contributed by atoms with Gasteiger partial charge in [0.05, 0.1) is 23.8 Å². The average Bonchev–Trinajstić information content (AvgIpc) is 3.53. The van der Waals surface area contributed by atoms with E-state index in [1.165, 1.54) is 12.5 Å². The minimum absolute atomic E-state index is 0.123. The molecule has 182 valence electrons. The van der Waals surface area contributed by atoms with Crippen LogP contribution >= 0.6 is 0 Å². The maximum atomic E-state index is 13.0. The second-order valence-electron chi connectivity index (χ2n) is 8.98. The lowest BCUT2D eigenvalue weighted by atomic mass is 9.98. The molecule has 0 spiro atoms. The lowest BCUT2D eigenvalue weighted by Crippen LogP contribution is -2.50. The molecule has 0 bridgehead atoms. The fraction of sp³-hybridized carbons (Fsp3) is 0.269. The number of benzene rings is 2. The molecule has 2 aliphatic heterocycles. The molecule has 36 heavy (non-hydrogen) atoms. The number of fused-ring (bicyclic) bond motifs is 3. The summed E-state index contributed by atoms with van der Waals surface area (Å²) in [6.07, 6.45) is 3.27. The Morgan fingerprint density at radius 2 is 1.89 bits per heavy atom. The van der Waals surface area contributed by atoms with Crippen molar-refractivity contribution < 1.29 is 14.3 Å². The van der Waals surface area contributed by atoms with E-state index in [2.05, 4.69) is 42.5 Å². The summed E-state index contributed by atoms with van der Waals surface area (Å²) < 4.78 is 5.92. The Balaban J connectivity index is 1.14. The first-order chi connectivity index (χ1) is 17.6. The summed E-state index contributed by atoms with van der Waals surface area (Å²) in [7, 11) is 0. The Morgan fingerprint density at radius 3 is 2.75 bits per heavy atom. The Labute approximate surface area is 207 Å². The number of hydrogen-bond donors (Lipinski definition) is 2. The molecular weight excluding hydrogens is 458 g/mol. The fourth-order valence-corrected chi connectivity index (χ4v) is 5.06. The lowest BCUT2D eigenvalue weighted by molar-refractivity contribution is -0.128. The number of nitrogens with zero attached hydrogens (tertiary/aromatic N) is 5. The summed E-state index contributed by atoms with van der Waals surface area (Å²) in [6.45, 7) is 2.90. The number of ether oxygens (including phenoxy) is 1. The number of aromatic nitrogens is 4. The third kappa shape index (κ3) is 3.80. The standard InChI is InChI=1S/C26H25N7O3/c1-16(34)32-14-23(36-22-9-5-4-8-21(22)32)26(35)27-11-10-17-13-33(20-7-3-2-6-18(17)20)25-19-12-30-31-24(19)28-15-29-25/h2-9,12,15,17,23H,10-11,13-14H2,1H3,(H,27,35)(H,28,29,30,31). The van der Waals surface area contributed by atoms with Gasteiger partial charge in [-0.25, -0.2) is 9.97 Å². The highest BCUT2D eigenvalue weighted by atomic mass is 16.5. The van der Waals surface area contributed by atoms with Gasteiger partial charge in [0.2, 0.25) is 5.91 Å². The summed E-state index contributed by atoms with van der Waals surface area (Å²) in [5, 5.41) is 10.9. The van der Waals surface area contributed by atoms with E-state index in [1.807, 2.05) is 30.3 Å². The molecule has 2 aromatic carbocycles. The smallest absolute Gasteiger partial charge is 0.262 e. The summed E-state index contributed by atoms with van der Waals surface area (Å²) in [5.74, 6) is 1.21. The van der Waals surface area contributed by atoms with Gasteiger partial charge < -0.3 is 19.9 Å². The Bertz CT molecular complexity index is 1450. The van der Waals surface area contributed by atoms with Crippen molar-refractivity contribution in [3.8, 4) is 5.75 Å². The SMILES string of the molecule is CC(=O)N1CC(C(=O)NCCC2CN(c3ncnc4[nH]ncc34)c3ccccc32)Oc2ccccc21. The maximum absolute atomic E-state index is 13.0. The van der Waals surface area contributed by atoms with Crippen LogP contribution in [0.2, 0.25) is 0 Å². The zero-order valence-electron chi connectivity index (χ0n) is 19.7. The van der Waals surface area contributed by atoms with E-state index in [1.54, 1.807) is 23.5 Å². The predicted molar refractivity (Wildman–Crippen MR) is 134 cm³/mol. The third-order valence-corrected chi connectivity index (χ3v) is 6.79. The van der Waals surface area contributed by atoms with E-state index >= 15 is 0 Å². The van der Waals surface area contributed by atoms with Crippen molar-refractivity contribution in [2.75, 3.05) is 29.4 Å². The van der Waals surface area contributed by atoms with Crippen LogP contribution in [0.5, 0.6) is 5.75 Å². The van der Waals surface area contributed by atoms with Gasteiger partial charge in [-0.1, -0.05) is 30.3 Å². The van der Waals surface area contributed by atoms with Crippen molar-refractivity contribution in [2.24, 2.45) is 0 Å². The average molecular weight is 484 g/mol. The Kier molecular flexibility index (Phi) is 5.48. The molecule has 0 aliphatic carbocycles. The van der Waals surface area contributed by atoms with Crippen molar-refractivity contribution in [2.45, 2.75) is 25.4 Å². The number of H-pyrrole nitrogens is 1. The van der Waals surface area contributed by atoms with Crippen molar-refractivity contribution in [1.82, 2.24) is 25.5 Å². The number of para-hydroxylation sites is 3. The first-order valence-corrected chi connectivity index (χ1v) is 11.9. The lowest BCUT2D eigenvalue weighted by Gasteiger charge is -2.33. The van der Waals surface area contributed by atoms with Crippen LogP contribution in [0, 0.1) is 0 Å². The van der Waals surface area contributed by atoms with E-state index in [0.29, 0.717) is 23.6 Å². The summed E-state index contributed by atoms with van der Waals surface area (Å²) in [5.41, 5.74) is 3.70. The van der Waals surface area contributed by atoms with Crippen LogP contribution in [0.4, 0.5) is 17.2 Å². The molecule has 2 amide bonds. The largest absolute Gasteiger partial charge is 0.477 e. The molecule has 10 nitrogen and oxygen atoms in total. The fourth-order valence-electron chi connectivity index (χ4n) is 5.06. The molecule has 2 atom stereocenters. The molecule has 2 unspecified atom stereocenters. The molecule has 2 aliphatic rings. The highest BCUT2D eigenvalue weighted by Gasteiger charge is 2.34. The molecule has 0 saturated heterocycles. The van der Waals surface area contributed by atoms with Gasteiger partial charge in [0, 0.05) is 31.6 Å². The number of hydrogen-bond acceptors (Lipinski definition) is 7. The molecule has 0 fully saturated rings. The molecule has 0 radical (unpaired) electrons. The molecule has 10 heteroatoms. The van der Waals surface area contributed by atoms with Gasteiger partial charge in [-0.3, -0.25) is 14.7 Å². The zero-order chi connectivity index (χ0) is 24.6. The summed E-state index contributed by atoms with van der Waals surface area (Å²) >= 11 is 0. The van der Waals surface area contributed by atoms with Crippen molar-refractivity contribution in [1.29, 1.82) is 0 Å². The third-order valence-electron chi connectivity index (χ3n) is 6.79. The normalized spacial score (nSPS) is 18.5. The van der Waals surface area contributed by atoms with Crippen molar-refractivity contribution in [3.05, 3.63) is 66.6 Å².